The Morgan fingerprint density at radius 2 is 0.792 bits per heavy atom. The molecule has 0 aliphatic carbocycles. The third-order valence-electron chi connectivity index (χ3n) is 11.4. The minimum absolute atomic E-state index is 0.120. The minimum Gasteiger partial charge on any atom is -0.458 e. The number of aromatic nitrogens is 2. The van der Waals surface area contributed by atoms with Gasteiger partial charge in [0.2, 0.25) is 0 Å². The summed E-state index contributed by atoms with van der Waals surface area (Å²) in [6, 6.07) is 48.7. The monoisotopic (exact) mass is 608 g/mol. The predicted molar refractivity (Wildman–Crippen MR) is 197 cm³/mol. The fraction of sp³-hybridized carbons (Fsp3) is 0. The van der Waals surface area contributed by atoms with Crippen LogP contribution in [0.5, 0.6) is 23.0 Å². The molecule has 0 saturated heterocycles. The summed E-state index contributed by atoms with van der Waals surface area (Å²) in [7, 11) is 0. The van der Waals surface area contributed by atoms with Crippen molar-refractivity contribution in [1.29, 1.82) is 0 Å². The van der Waals surface area contributed by atoms with Crippen molar-refractivity contribution >= 4 is 89.8 Å². The van der Waals surface area contributed by atoms with Gasteiger partial charge in [0.05, 0.1) is 11.0 Å². The molecule has 6 heteroatoms. The highest BCUT2D eigenvalue weighted by molar-refractivity contribution is 7.00. The Balaban J connectivity index is 1.19. The highest BCUT2D eigenvalue weighted by Gasteiger charge is 2.42. The summed E-state index contributed by atoms with van der Waals surface area (Å²) in [6.45, 7) is 0.240. The van der Waals surface area contributed by atoms with Crippen LogP contribution >= 0.6 is 0 Å². The molecular formula is C42H22B2N2O2. The molecule has 4 aliphatic rings. The first-order chi connectivity index (χ1) is 23.8. The van der Waals surface area contributed by atoms with Gasteiger partial charge in [-0.25, -0.2) is 0 Å². The molecule has 13 rings (SSSR count). The molecule has 0 unspecified atom stereocenters. The van der Waals surface area contributed by atoms with Crippen LogP contribution in [0.25, 0.3) is 55.0 Å². The number of fused-ring (bicyclic) bond motifs is 14. The smallest absolute Gasteiger partial charge is 0.256 e. The summed E-state index contributed by atoms with van der Waals surface area (Å²) in [5.74, 6) is 3.78. The molecule has 4 aliphatic heterocycles. The molecule has 0 saturated carbocycles. The van der Waals surface area contributed by atoms with Crippen LogP contribution in [0.15, 0.2) is 133 Å². The summed E-state index contributed by atoms with van der Waals surface area (Å²) in [6.07, 6.45) is 0. The standard InChI is InChI=1S/C42H22B2N2O2/c1-3-17-35-27(11-1)43-29-13-5-9-23-25-21-34-26(22-33(25)45(41(23)29)31-15-7-19-37(47-35)39(31)43)24-10-6-14-30-42(24)46(34)32-16-8-20-38-40(32)44(30)28-12-2-4-18-36(28)48-38/h1-22H. The van der Waals surface area contributed by atoms with Crippen LogP contribution < -0.4 is 42.3 Å². The number of nitrogens with zero attached hydrogens (tertiary/aromatic N) is 2. The lowest BCUT2D eigenvalue weighted by Gasteiger charge is -2.33. The van der Waals surface area contributed by atoms with E-state index in [1.165, 1.54) is 87.8 Å². The van der Waals surface area contributed by atoms with E-state index in [1.807, 2.05) is 0 Å². The molecule has 0 bridgehead atoms. The van der Waals surface area contributed by atoms with Crippen LogP contribution in [0.3, 0.4) is 0 Å². The molecule has 0 fully saturated rings. The summed E-state index contributed by atoms with van der Waals surface area (Å²) < 4.78 is 18.1. The minimum atomic E-state index is 0.120. The van der Waals surface area contributed by atoms with Gasteiger partial charge in [0.25, 0.3) is 13.4 Å². The molecule has 4 nitrogen and oxygen atoms in total. The van der Waals surface area contributed by atoms with Crippen LogP contribution in [0, 0.1) is 0 Å². The van der Waals surface area contributed by atoms with Crippen molar-refractivity contribution in [3.05, 3.63) is 133 Å². The van der Waals surface area contributed by atoms with Crippen LogP contribution in [0.4, 0.5) is 0 Å². The lowest BCUT2D eigenvalue weighted by molar-refractivity contribution is 0.487. The van der Waals surface area contributed by atoms with Crippen LogP contribution in [-0.2, 0) is 0 Å². The van der Waals surface area contributed by atoms with Gasteiger partial charge in [0, 0.05) is 44.0 Å². The molecule has 6 heterocycles. The largest absolute Gasteiger partial charge is 0.458 e. The zero-order valence-corrected chi connectivity index (χ0v) is 25.6. The van der Waals surface area contributed by atoms with E-state index < -0.39 is 0 Å². The van der Waals surface area contributed by atoms with E-state index in [2.05, 4.69) is 143 Å². The second-order valence-electron chi connectivity index (χ2n) is 13.6. The molecular weight excluding hydrogens is 586 g/mol. The van der Waals surface area contributed by atoms with Gasteiger partial charge >= 0.3 is 0 Å². The van der Waals surface area contributed by atoms with Gasteiger partial charge in [-0.3, -0.25) is 0 Å². The molecule has 9 aromatic rings. The maximum absolute atomic E-state index is 6.56. The van der Waals surface area contributed by atoms with Crippen molar-refractivity contribution in [2.75, 3.05) is 0 Å². The topological polar surface area (TPSA) is 28.3 Å². The number of para-hydroxylation sites is 4. The number of hydrogen-bond acceptors (Lipinski definition) is 2. The Kier molecular flexibility index (Phi) is 4.04. The Morgan fingerprint density at radius 3 is 1.29 bits per heavy atom. The number of benzene rings is 7. The van der Waals surface area contributed by atoms with E-state index in [0.717, 1.165) is 23.0 Å². The molecule has 218 valence electrons. The molecule has 0 N–H and O–H groups in total. The van der Waals surface area contributed by atoms with E-state index in [-0.39, 0.29) is 13.4 Å². The summed E-state index contributed by atoms with van der Waals surface area (Å²) >= 11 is 0. The maximum Gasteiger partial charge on any atom is 0.256 e. The van der Waals surface area contributed by atoms with Crippen molar-refractivity contribution in [1.82, 2.24) is 9.13 Å². The zero-order chi connectivity index (χ0) is 30.8. The summed E-state index contributed by atoms with van der Waals surface area (Å²) in [4.78, 5) is 0. The van der Waals surface area contributed by atoms with E-state index in [0.29, 0.717) is 0 Å². The quantitative estimate of drug-likeness (QED) is 0.205. The average Bonchev–Trinajstić information content (AvgIpc) is 3.64. The highest BCUT2D eigenvalue weighted by atomic mass is 16.5. The first kappa shape index (κ1) is 24.1. The predicted octanol–water partition coefficient (Wildman–Crippen LogP) is 5.75. The lowest BCUT2D eigenvalue weighted by Crippen LogP contribution is -2.58. The SMILES string of the molecule is c1ccc2c(c1)Oc1cccc3c1B2c1cccc2c4cc5c(cc4n-3c12)c1cccc2c1n5-c1cccc3c1B2c1ccccc1O3. The molecule has 0 atom stereocenters. The van der Waals surface area contributed by atoms with E-state index in [9.17, 15) is 0 Å². The Hall–Kier alpha value is -6.13. The fourth-order valence-corrected chi connectivity index (χ4v) is 9.67. The molecule has 0 amide bonds. The average molecular weight is 608 g/mol. The number of hydrogen-bond donors (Lipinski definition) is 0. The molecule has 0 radical (unpaired) electrons. The second-order valence-corrected chi connectivity index (χ2v) is 13.6. The van der Waals surface area contributed by atoms with Crippen LogP contribution in [-0.4, -0.2) is 22.6 Å². The highest BCUT2D eigenvalue weighted by Crippen LogP contribution is 2.42. The lowest BCUT2D eigenvalue weighted by atomic mass is 9.34. The van der Waals surface area contributed by atoms with Gasteiger partial charge in [-0.05, 0) is 81.3 Å². The number of rotatable bonds is 0. The van der Waals surface area contributed by atoms with Crippen molar-refractivity contribution in [2.24, 2.45) is 0 Å². The molecule has 2 aromatic heterocycles. The molecule has 7 aromatic carbocycles. The first-order valence-corrected chi connectivity index (χ1v) is 16.7. The van der Waals surface area contributed by atoms with E-state index >= 15 is 0 Å². The van der Waals surface area contributed by atoms with Gasteiger partial charge in [-0.2, -0.15) is 0 Å². The van der Waals surface area contributed by atoms with Gasteiger partial charge in [0.15, 0.2) is 0 Å². The fourth-order valence-electron chi connectivity index (χ4n) is 9.67. The van der Waals surface area contributed by atoms with E-state index in [1.54, 1.807) is 0 Å². The third kappa shape index (κ3) is 2.61. The Bertz CT molecular complexity index is 2790. The van der Waals surface area contributed by atoms with E-state index in [4.69, 9.17) is 9.47 Å². The summed E-state index contributed by atoms with van der Waals surface area (Å²) in [5.41, 5.74) is 15.0. The van der Waals surface area contributed by atoms with Crippen molar-refractivity contribution < 1.29 is 9.47 Å². The molecule has 48 heavy (non-hydrogen) atoms. The zero-order valence-electron chi connectivity index (χ0n) is 25.6. The van der Waals surface area contributed by atoms with Gasteiger partial charge < -0.3 is 18.6 Å². The Labute approximate surface area is 275 Å². The number of ether oxygens (including phenoxy) is 2. The van der Waals surface area contributed by atoms with Gasteiger partial charge in [-0.15, -0.1) is 0 Å². The molecule has 0 spiro atoms. The normalized spacial score (nSPS) is 14.1. The third-order valence-corrected chi connectivity index (χ3v) is 11.4. The first-order valence-electron chi connectivity index (χ1n) is 16.7. The van der Waals surface area contributed by atoms with Crippen LogP contribution in [0.2, 0.25) is 0 Å². The van der Waals surface area contributed by atoms with Gasteiger partial charge in [0.1, 0.15) is 23.0 Å². The van der Waals surface area contributed by atoms with Gasteiger partial charge in [-0.1, -0.05) is 84.9 Å². The maximum atomic E-state index is 6.56. The van der Waals surface area contributed by atoms with Crippen molar-refractivity contribution in [3.63, 3.8) is 0 Å². The van der Waals surface area contributed by atoms with Crippen molar-refractivity contribution in [3.8, 4) is 34.4 Å². The van der Waals surface area contributed by atoms with Crippen LogP contribution in [0.1, 0.15) is 0 Å². The second kappa shape index (κ2) is 8.04. The summed E-state index contributed by atoms with van der Waals surface area (Å²) in [5, 5.41) is 5.09. The van der Waals surface area contributed by atoms with Crippen molar-refractivity contribution in [2.45, 2.75) is 0 Å². The Morgan fingerprint density at radius 1 is 0.375 bits per heavy atom.